The summed E-state index contributed by atoms with van der Waals surface area (Å²) in [5.74, 6) is 1.86. The van der Waals surface area contributed by atoms with E-state index in [4.69, 9.17) is 4.74 Å². The first-order valence-electron chi connectivity index (χ1n) is 5.69. The minimum Gasteiger partial charge on any atom is -0.381 e. The SMILES string of the molecule is CC1(C)CSC(=NCC2CCOCC2)N1. The van der Waals surface area contributed by atoms with Crippen molar-refractivity contribution in [3.05, 3.63) is 0 Å². The van der Waals surface area contributed by atoms with Crippen LogP contribution in [-0.2, 0) is 4.74 Å². The van der Waals surface area contributed by atoms with E-state index in [2.05, 4.69) is 24.2 Å². The van der Waals surface area contributed by atoms with Crippen LogP contribution in [0.4, 0.5) is 0 Å². The number of amidine groups is 1. The van der Waals surface area contributed by atoms with Gasteiger partial charge in [0.05, 0.1) is 0 Å². The standard InChI is InChI=1S/C11H20N2OS/c1-11(2)8-15-10(13-11)12-7-9-3-5-14-6-4-9/h9H,3-8H2,1-2H3,(H,12,13). The molecule has 0 atom stereocenters. The largest absolute Gasteiger partial charge is 0.381 e. The summed E-state index contributed by atoms with van der Waals surface area (Å²) in [7, 11) is 0. The Bertz CT molecular complexity index is 247. The summed E-state index contributed by atoms with van der Waals surface area (Å²) in [5, 5.41) is 4.58. The molecule has 15 heavy (non-hydrogen) atoms. The van der Waals surface area contributed by atoms with E-state index in [0.29, 0.717) is 0 Å². The first-order chi connectivity index (χ1) is 7.16. The first-order valence-corrected chi connectivity index (χ1v) is 6.67. The molecular weight excluding hydrogens is 208 g/mol. The highest BCUT2D eigenvalue weighted by atomic mass is 32.2. The molecule has 0 spiro atoms. The van der Waals surface area contributed by atoms with Gasteiger partial charge in [0.1, 0.15) is 0 Å². The van der Waals surface area contributed by atoms with E-state index < -0.39 is 0 Å². The van der Waals surface area contributed by atoms with Crippen LogP contribution in [-0.4, -0.2) is 36.2 Å². The Balaban J connectivity index is 1.79. The van der Waals surface area contributed by atoms with E-state index in [1.807, 2.05) is 11.8 Å². The minimum absolute atomic E-state index is 0.221. The lowest BCUT2D eigenvalue weighted by Crippen LogP contribution is -2.37. The first kappa shape index (κ1) is 11.3. The normalized spacial score (nSPS) is 29.3. The van der Waals surface area contributed by atoms with Crippen LogP contribution in [0.2, 0.25) is 0 Å². The maximum Gasteiger partial charge on any atom is 0.157 e. The maximum atomic E-state index is 5.34. The Morgan fingerprint density at radius 1 is 1.47 bits per heavy atom. The molecule has 1 N–H and O–H groups in total. The predicted octanol–water partition coefficient (Wildman–Crippen LogP) is 1.88. The third kappa shape index (κ3) is 3.38. The predicted molar refractivity (Wildman–Crippen MR) is 65.5 cm³/mol. The highest BCUT2D eigenvalue weighted by Crippen LogP contribution is 2.23. The lowest BCUT2D eigenvalue weighted by atomic mass is 10.0. The molecule has 2 fully saturated rings. The van der Waals surface area contributed by atoms with Crippen LogP contribution in [0.1, 0.15) is 26.7 Å². The van der Waals surface area contributed by atoms with Crippen LogP contribution in [0.15, 0.2) is 4.99 Å². The summed E-state index contributed by atoms with van der Waals surface area (Å²) in [6, 6.07) is 0. The number of hydrogen-bond acceptors (Lipinski definition) is 3. The second-order valence-corrected chi connectivity index (χ2v) is 5.96. The summed E-state index contributed by atoms with van der Waals surface area (Å²) >= 11 is 1.85. The van der Waals surface area contributed by atoms with Crippen LogP contribution in [0.5, 0.6) is 0 Å². The fourth-order valence-electron chi connectivity index (χ4n) is 1.84. The van der Waals surface area contributed by atoms with Crippen molar-refractivity contribution < 1.29 is 4.74 Å². The second-order valence-electron chi connectivity index (χ2n) is 5.00. The van der Waals surface area contributed by atoms with Crippen molar-refractivity contribution in [2.75, 3.05) is 25.5 Å². The Hall–Kier alpha value is -0.220. The van der Waals surface area contributed by atoms with E-state index in [9.17, 15) is 0 Å². The molecule has 0 amide bonds. The monoisotopic (exact) mass is 228 g/mol. The minimum atomic E-state index is 0.221. The summed E-state index contributed by atoms with van der Waals surface area (Å²) in [4.78, 5) is 4.66. The lowest BCUT2D eigenvalue weighted by molar-refractivity contribution is 0.0689. The third-order valence-electron chi connectivity index (χ3n) is 2.85. The Morgan fingerprint density at radius 3 is 2.80 bits per heavy atom. The number of rotatable bonds is 2. The molecular formula is C11H20N2OS. The van der Waals surface area contributed by atoms with Gasteiger partial charge < -0.3 is 10.1 Å². The van der Waals surface area contributed by atoms with Gasteiger partial charge in [-0.25, -0.2) is 0 Å². The fourth-order valence-corrected chi connectivity index (χ4v) is 2.92. The maximum absolute atomic E-state index is 5.34. The second kappa shape index (κ2) is 4.74. The molecule has 2 aliphatic heterocycles. The Morgan fingerprint density at radius 2 is 2.20 bits per heavy atom. The van der Waals surface area contributed by atoms with Crippen LogP contribution in [0.3, 0.4) is 0 Å². The van der Waals surface area contributed by atoms with E-state index >= 15 is 0 Å². The third-order valence-corrected chi connectivity index (χ3v) is 4.22. The van der Waals surface area contributed by atoms with Crippen LogP contribution >= 0.6 is 11.8 Å². The number of nitrogens with one attached hydrogen (secondary N) is 1. The zero-order valence-corrected chi connectivity index (χ0v) is 10.4. The molecule has 0 radical (unpaired) electrons. The van der Waals surface area contributed by atoms with Crippen molar-refractivity contribution in [3.63, 3.8) is 0 Å². The van der Waals surface area contributed by atoms with Crippen molar-refractivity contribution >= 4 is 16.9 Å². The van der Waals surface area contributed by atoms with Gasteiger partial charge in [0.15, 0.2) is 5.17 Å². The van der Waals surface area contributed by atoms with Gasteiger partial charge in [-0.1, -0.05) is 11.8 Å². The van der Waals surface area contributed by atoms with Crippen molar-refractivity contribution in [1.82, 2.24) is 5.32 Å². The van der Waals surface area contributed by atoms with E-state index in [-0.39, 0.29) is 5.54 Å². The molecule has 0 aromatic rings. The summed E-state index contributed by atoms with van der Waals surface area (Å²) in [5.41, 5.74) is 0.221. The molecule has 0 bridgehead atoms. The van der Waals surface area contributed by atoms with E-state index in [0.717, 1.165) is 36.6 Å². The molecule has 4 heteroatoms. The van der Waals surface area contributed by atoms with Crippen molar-refractivity contribution in [2.45, 2.75) is 32.2 Å². The number of ether oxygens (including phenoxy) is 1. The highest BCUT2D eigenvalue weighted by molar-refractivity contribution is 8.14. The number of aliphatic imine (C=N–C) groups is 1. The molecule has 0 saturated carbocycles. The van der Waals surface area contributed by atoms with Gasteiger partial charge in [0, 0.05) is 31.1 Å². The molecule has 0 aromatic heterocycles. The summed E-state index contributed by atoms with van der Waals surface area (Å²) in [6.45, 7) is 7.24. The van der Waals surface area contributed by atoms with Crippen molar-refractivity contribution in [3.8, 4) is 0 Å². The van der Waals surface area contributed by atoms with E-state index in [1.165, 1.54) is 12.8 Å². The highest BCUT2D eigenvalue weighted by Gasteiger charge is 2.27. The zero-order chi connectivity index (χ0) is 10.7. The molecule has 0 aliphatic carbocycles. The Labute approximate surface area is 96.1 Å². The topological polar surface area (TPSA) is 33.6 Å². The molecule has 86 valence electrons. The quantitative estimate of drug-likeness (QED) is 0.783. The van der Waals surface area contributed by atoms with Gasteiger partial charge in [0.2, 0.25) is 0 Å². The smallest absolute Gasteiger partial charge is 0.157 e. The van der Waals surface area contributed by atoms with Gasteiger partial charge in [-0.15, -0.1) is 0 Å². The Kier molecular flexibility index (Phi) is 3.57. The van der Waals surface area contributed by atoms with Gasteiger partial charge in [-0.3, -0.25) is 4.99 Å². The van der Waals surface area contributed by atoms with Gasteiger partial charge in [-0.05, 0) is 32.6 Å². The zero-order valence-electron chi connectivity index (χ0n) is 9.58. The molecule has 2 aliphatic rings. The molecule has 0 unspecified atom stereocenters. The molecule has 2 heterocycles. The molecule has 2 saturated heterocycles. The molecule has 3 nitrogen and oxygen atoms in total. The summed E-state index contributed by atoms with van der Waals surface area (Å²) in [6.07, 6.45) is 2.34. The lowest BCUT2D eigenvalue weighted by Gasteiger charge is -2.20. The molecule has 2 rings (SSSR count). The number of thioether (sulfide) groups is 1. The van der Waals surface area contributed by atoms with Gasteiger partial charge in [-0.2, -0.15) is 0 Å². The van der Waals surface area contributed by atoms with Crippen molar-refractivity contribution in [2.24, 2.45) is 10.9 Å². The fraction of sp³-hybridized carbons (Fsp3) is 0.909. The van der Waals surface area contributed by atoms with Crippen LogP contribution < -0.4 is 5.32 Å². The number of hydrogen-bond donors (Lipinski definition) is 1. The summed E-state index contributed by atoms with van der Waals surface area (Å²) < 4.78 is 5.34. The van der Waals surface area contributed by atoms with Gasteiger partial charge >= 0.3 is 0 Å². The van der Waals surface area contributed by atoms with Crippen molar-refractivity contribution in [1.29, 1.82) is 0 Å². The average Bonchev–Trinajstić information content (AvgIpc) is 2.57. The number of nitrogens with zero attached hydrogens (tertiary/aromatic N) is 1. The average molecular weight is 228 g/mol. The van der Waals surface area contributed by atoms with Gasteiger partial charge in [0.25, 0.3) is 0 Å². The molecule has 0 aromatic carbocycles. The van der Waals surface area contributed by atoms with Crippen LogP contribution in [0.25, 0.3) is 0 Å². The van der Waals surface area contributed by atoms with E-state index in [1.54, 1.807) is 0 Å². The van der Waals surface area contributed by atoms with Crippen LogP contribution in [0, 0.1) is 5.92 Å².